The number of hydrogen-bond acceptors (Lipinski definition) is 0. The fourth-order valence-electron chi connectivity index (χ4n) is 0. The Balaban J connectivity index is 3.17. The van der Waals surface area contributed by atoms with Gasteiger partial charge < -0.3 is 0 Å². The number of hydrogen-bond donors (Lipinski definition) is 0. The van der Waals surface area contributed by atoms with Crippen LogP contribution in [0.15, 0.2) is 0 Å². The third kappa shape index (κ3) is 5.25. The molecule has 38 valence electrons. The summed E-state index contributed by atoms with van der Waals surface area (Å²) in [5.41, 5.74) is 0. The lowest BCUT2D eigenvalue weighted by molar-refractivity contribution is 1.03. The van der Waals surface area contributed by atoms with E-state index in [0.717, 1.165) is 6.42 Å². The summed E-state index contributed by atoms with van der Waals surface area (Å²) in [5, 5.41) is 0. The lowest BCUT2D eigenvalue weighted by Gasteiger charge is -2.03. The SMILES string of the molecule is CCC(Cl)(Br)Br. The van der Waals surface area contributed by atoms with E-state index < -0.39 is 0 Å². The number of rotatable bonds is 1. The maximum absolute atomic E-state index is 5.55. The molecule has 0 spiro atoms. The third-order valence-corrected chi connectivity index (χ3v) is 1.79. The van der Waals surface area contributed by atoms with Crippen LogP contribution in [0.25, 0.3) is 0 Å². The van der Waals surface area contributed by atoms with Gasteiger partial charge in [0.25, 0.3) is 0 Å². The Labute approximate surface area is 59.5 Å². The van der Waals surface area contributed by atoms with Gasteiger partial charge in [-0.2, -0.15) is 0 Å². The maximum Gasteiger partial charge on any atom is 0.153 e. The molecule has 0 fully saturated rings. The average Bonchev–Trinajstić information content (AvgIpc) is 1.35. The van der Waals surface area contributed by atoms with Crippen molar-refractivity contribution < 1.29 is 0 Å². The van der Waals surface area contributed by atoms with Crippen LogP contribution in [0.5, 0.6) is 0 Å². The van der Waals surface area contributed by atoms with Crippen LogP contribution in [0.4, 0.5) is 0 Å². The van der Waals surface area contributed by atoms with Crippen LogP contribution in [0.3, 0.4) is 0 Å². The molecule has 0 amide bonds. The molecule has 0 nitrogen and oxygen atoms in total. The van der Waals surface area contributed by atoms with Crippen molar-refractivity contribution in [3.8, 4) is 0 Å². The van der Waals surface area contributed by atoms with Crippen molar-refractivity contribution >= 4 is 43.5 Å². The van der Waals surface area contributed by atoms with E-state index in [9.17, 15) is 0 Å². The Morgan fingerprint density at radius 3 is 1.83 bits per heavy atom. The van der Waals surface area contributed by atoms with E-state index in [-0.39, 0.29) is 2.69 Å². The average molecular weight is 236 g/mol. The minimum Gasteiger partial charge on any atom is -0.0940 e. The van der Waals surface area contributed by atoms with Gasteiger partial charge in [0, 0.05) is 0 Å². The van der Waals surface area contributed by atoms with E-state index in [1.165, 1.54) is 0 Å². The summed E-state index contributed by atoms with van der Waals surface area (Å²) in [5.74, 6) is 0. The first-order chi connectivity index (χ1) is 2.56. The van der Waals surface area contributed by atoms with Gasteiger partial charge in [0.1, 0.15) is 0 Å². The lowest BCUT2D eigenvalue weighted by Crippen LogP contribution is -1.93. The fourth-order valence-corrected chi connectivity index (χ4v) is 0. The highest BCUT2D eigenvalue weighted by Gasteiger charge is 2.12. The predicted octanol–water partition coefficient (Wildman–Crippen LogP) is 3.08. The van der Waals surface area contributed by atoms with Crippen LogP contribution in [0.2, 0.25) is 0 Å². The van der Waals surface area contributed by atoms with Crippen molar-refractivity contribution in [1.29, 1.82) is 0 Å². The molecule has 3 heteroatoms. The minimum atomic E-state index is -0.361. The highest BCUT2D eigenvalue weighted by atomic mass is 79.9. The summed E-state index contributed by atoms with van der Waals surface area (Å²) in [4.78, 5) is 0. The normalized spacial score (nSPS) is 12.0. The molecule has 0 aliphatic rings. The molecule has 0 saturated carbocycles. The first-order valence-electron chi connectivity index (χ1n) is 1.63. The Hall–Kier alpha value is 1.25. The summed E-state index contributed by atoms with van der Waals surface area (Å²) in [6, 6.07) is 0. The molecule has 0 atom stereocenters. The minimum absolute atomic E-state index is 0.361. The summed E-state index contributed by atoms with van der Waals surface area (Å²) in [7, 11) is 0. The zero-order valence-corrected chi connectivity index (χ0v) is 7.27. The van der Waals surface area contributed by atoms with Crippen molar-refractivity contribution in [2.24, 2.45) is 0 Å². The lowest BCUT2D eigenvalue weighted by atomic mass is 10.6. The Kier molecular flexibility index (Phi) is 3.06. The monoisotopic (exact) mass is 234 g/mol. The van der Waals surface area contributed by atoms with Gasteiger partial charge >= 0.3 is 0 Å². The second kappa shape index (κ2) is 2.53. The van der Waals surface area contributed by atoms with Crippen LogP contribution >= 0.6 is 43.5 Å². The van der Waals surface area contributed by atoms with E-state index in [1.807, 2.05) is 6.92 Å². The summed E-state index contributed by atoms with van der Waals surface area (Å²) in [6.45, 7) is 1.98. The van der Waals surface area contributed by atoms with Gasteiger partial charge in [-0.3, -0.25) is 0 Å². The molecule has 0 aliphatic carbocycles. The quantitative estimate of drug-likeness (QED) is 0.614. The highest BCUT2D eigenvalue weighted by molar-refractivity contribution is 9.26. The summed E-state index contributed by atoms with van der Waals surface area (Å²) >= 11 is 11.9. The van der Waals surface area contributed by atoms with Gasteiger partial charge in [-0.15, -0.1) is 0 Å². The molecule has 6 heavy (non-hydrogen) atoms. The van der Waals surface area contributed by atoms with Gasteiger partial charge in [-0.1, -0.05) is 50.4 Å². The highest BCUT2D eigenvalue weighted by Crippen LogP contribution is 2.33. The van der Waals surface area contributed by atoms with Crippen LogP contribution in [-0.2, 0) is 0 Å². The Morgan fingerprint density at radius 1 is 1.67 bits per heavy atom. The van der Waals surface area contributed by atoms with Crippen LogP contribution in [0.1, 0.15) is 13.3 Å². The van der Waals surface area contributed by atoms with E-state index in [1.54, 1.807) is 0 Å². The van der Waals surface area contributed by atoms with Gasteiger partial charge in [-0.05, 0) is 6.42 Å². The van der Waals surface area contributed by atoms with Gasteiger partial charge in [0.2, 0.25) is 0 Å². The third-order valence-electron chi connectivity index (χ3n) is 0.401. The van der Waals surface area contributed by atoms with E-state index in [0.29, 0.717) is 0 Å². The molecule has 0 rings (SSSR count). The van der Waals surface area contributed by atoms with Gasteiger partial charge in [-0.25, -0.2) is 0 Å². The van der Waals surface area contributed by atoms with Gasteiger partial charge in [0.05, 0.1) is 0 Å². The van der Waals surface area contributed by atoms with E-state index in [4.69, 9.17) is 11.6 Å². The second-order valence-electron chi connectivity index (χ2n) is 0.969. The maximum atomic E-state index is 5.55. The molecule has 0 unspecified atom stereocenters. The standard InChI is InChI=1S/C3H5Br2Cl/c1-2-3(4,5)6/h2H2,1H3. The molecule has 0 aromatic carbocycles. The Bertz CT molecular complexity index is 38.5. The summed E-state index contributed by atoms with van der Waals surface area (Å²) < 4.78 is -0.361. The second-order valence-corrected chi connectivity index (χ2v) is 6.30. The van der Waals surface area contributed by atoms with Crippen molar-refractivity contribution in [2.75, 3.05) is 0 Å². The molecular weight excluding hydrogens is 231 g/mol. The zero-order valence-electron chi connectivity index (χ0n) is 3.34. The van der Waals surface area contributed by atoms with E-state index >= 15 is 0 Å². The van der Waals surface area contributed by atoms with Crippen LogP contribution < -0.4 is 0 Å². The molecule has 0 aromatic heterocycles. The molecule has 0 aromatic rings. The number of alkyl halides is 3. The van der Waals surface area contributed by atoms with E-state index in [2.05, 4.69) is 31.9 Å². The van der Waals surface area contributed by atoms with Crippen molar-refractivity contribution in [3.63, 3.8) is 0 Å². The number of halogens is 3. The molecule has 0 heterocycles. The molecule has 0 radical (unpaired) electrons. The molecule has 0 bridgehead atoms. The molecular formula is C3H5Br2Cl. The van der Waals surface area contributed by atoms with Crippen molar-refractivity contribution in [1.82, 2.24) is 0 Å². The molecule has 0 N–H and O–H groups in total. The molecule has 0 saturated heterocycles. The first kappa shape index (κ1) is 7.25. The fraction of sp³-hybridized carbons (Fsp3) is 1.00. The Morgan fingerprint density at radius 2 is 1.83 bits per heavy atom. The molecule has 0 aliphatic heterocycles. The zero-order chi connectivity index (χ0) is 5.21. The predicted molar refractivity (Wildman–Crippen MR) is 36.7 cm³/mol. The van der Waals surface area contributed by atoms with Crippen LogP contribution in [-0.4, -0.2) is 2.69 Å². The smallest absolute Gasteiger partial charge is 0.0940 e. The largest absolute Gasteiger partial charge is 0.153 e. The summed E-state index contributed by atoms with van der Waals surface area (Å²) in [6.07, 6.45) is 0.870. The van der Waals surface area contributed by atoms with Crippen molar-refractivity contribution in [2.45, 2.75) is 16.0 Å². The van der Waals surface area contributed by atoms with Crippen LogP contribution in [0, 0.1) is 0 Å². The topological polar surface area (TPSA) is 0 Å². The first-order valence-corrected chi connectivity index (χ1v) is 3.59. The van der Waals surface area contributed by atoms with Crippen molar-refractivity contribution in [3.05, 3.63) is 0 Å². The van der Waals surface area contributed by atoms with Gasteiger partial charge in [0.15, 0.2) is 2.69 Å².